The first-order chi connectivity index (χ1) is 7.00. The molecule has 15 heavy (non-hydrogen) atoms. The average Bonchev–Trinajstić information content (AvgIpc) is 2.15. The molecule has 6 heteroatoms. The summed E-state index contributed by atoms with van der Waals surface area (Å²) in [7, 11) is 0. The number of carbonyl (C=O) groups excluding carboxylic acids is 1. The lowest BCUT2D eigenvalue weighted by molar-refractivity contribution is 0.100. The Balaban J connectivity index is 2.91. The molecule has 5 nitrogen and oxygen atoms in total. The normalized spacial score (nSPS) is 12.2. The highest BCUT2D eigenvalue weighted by Gasteiger charge is 2.10. The predicted octanol–water partition coefficient (Wildman–Crippen LogP) is 0.0787. The third-order valence-electron chi connectivity index (χ3n) is 1.71. The summed E-state index contributed by atoms with van der Waals surface area (Å²) in [5.41, 5.74) is 10.6. The second-order valence-electron chi connectivity index (χ2n) is 3.27. The maximum atomic E-state index is 12.8. The number of amides is 1. The Morgan fingerprint density at radius 1 is 1.73 bits per heavy atom. The van der Waals surface area contributed by atoms with Crippen LogP contribution in [0, 0.1) is 5.82 Å². The average molecular weight is 212 g/mol. The van der Waals surface area contributed by atoms with Crippen molar-refractivity contribution in [3.63, 3.8) is 0 Å². The van der Waals surface area contributed by atoms with Gasteiger partial charge in [-0.3, -0.25) is 4.79 Å². The van der Waals surface area contributed by atoms with Crippen molar-refractivity contribution >= 4 is 11.7 Å². The maximum absolute atomic E-state index is 12.8. The topological polar surface area (TPSA) is 94.0 Å². The van der Waals surface area contributed by atoms with Gasteiger partial charge in [0.15, 0.2) is 0 Å². The molecular weight excluding hydrogens is 199 g/mol. The number of nitrogens with zero attached hydrogens (tertiary/aromatic N) is 1. The van der Waals surface area contributed by atoms with E-state index < -0.39 is 11.7 Å². The van der Waals surface area contributed by atoms with Crippen molar-refractivity contribution in [2.75, 3.05) is 11.9 Å². The maximum Gasteiger partial charge on any atom is 0.252 e. The van der Waals surface area contributed by atoms with Gasteiger partial charge >= 0.3 is 0 Å². The SMILES string of the molecule is CC(N)CNc1ncc(F)cc1C(N)=O. The van der Waals surface area contributed by atoms with Crippen molar-refractivity contribution in [3.05, 3.63) is 23.6 Å². The molecule has 1 aromatic rings. The van der Waals surface area contributed by atoms with E-state index in [-0.39, 0.29) is 17.4 Å². The molecule has 0 aliphatic heterocycles. The summed E-state index contributed by atoms with van der Waals surface area (Å²) in [4.78, 5) is 14.7. The molecule has 1 unspecified atom stereocenters. The van der Waals surface area contributed by atoms with Crippen LogP contribution in [0.4, 0.5) is 10.2 Å². The number of carbonyl (C=O) groups is 1. The lowest BCUT2D eigenvalue weighted by atomic mass is 10.2. The summed E-state index contributed by atoms with van der Waals surface area (Å²) in [6, 6.07) is 0.941. The quantitative estimate of drug-likeness (QED) is 0.658. The molecule has 0 aliphatic rings. The van der Waals surface area contributed by atoms with Gasteiger partial charge in [-0.15, -0.1) is 0 Å². The zero-order valence-electron chi connectivity index (χ0n) is 8.33. The first-order valence-corrected chi connectivity index (χ1v) is 4.45. The number of nitrogens with one attached hydrogen (secondary N) is 1. The largest absolute Gasteiger partial charge is 0.368 e. The molecular formula is C9H13FN4O. The van der Waals surface area contributed by atoms with Crippen LogP contribution in [0.1, 0.15) is 17.3 Å². The van der Waals surface area contributed by atoms with Gasteiger partial charge in [0.05, 0.1) is 11.8 Å². The van der Waals surface area contributed by atoms with E-state index in [1.54, 1.807) is 6.92 Å². The standard InChI is InChI=1S/C9H13FN4O/c1-5(11)3-13-9-7(8(12)15)2-6(10)4-14-9/h2,4-5H,3,11H2,1H3,(H2,12,15)(H,13,14). The molecule has 1 heterocycles. The van der Waals surface area contributed by atoms with Gasteiger partial charge in [-0.2, -0.15) is 0 Å². The van der Waals surface area contributed by atoms with Gasteiger partial charge in [-0.05, 0) is 13.0 Å². The lowest BCUT2D eigenvalue weighted by Gasteiger charge is -2.10. The number of anilines is 1. The van der Waals surface area contributed by atoms with Gasteiger partial charge in [0.1, 0.15) is 11.6 Å². The number of nitrogens with two attached hydrogens (primary N) is 2. The van der Waals surface area contributed by atoms with Crippen molar-refractivity contribution in [2.45, 2.75) is 13.0 Å². The number of primary amides is 1. The fourth-order valence-electron chi connectivity index (χ4n) is 1.03. The van der Waals surface area contributed by atoms with Crippen LogP contribution >= 0.6 is 0 Å². The van der Waals surface area contributed by atoms with Crippen molar-refractivity contribution in [1.82, 2.24) is 4.98 Å². The Labute approximate surface area is 86.7 Å². The van der Waals surface area contributed by atoms with Gasteiger partial charge in [0.25, 0.3) is 5.91 Å². The fraction of sp³-hybridized carbons (Fsp3) is 0.333. The van der Waals surface area contributed by atoms with Crippen LogP contribution in [0.3, 0.4) is 0 Å². The van der Waals surface area contributed by atoms with E-state index >= 15 is 0 Å². The zero-order chi connectivity index (χ0) is 11.4. The fourth-order valence-corrected chi connectivity index (χ4v) is 1.03. The van der Waals surface area contributed by atoms with Gasteiger partial charge < -0.3 is 16.8 Å². The van der Waals surface area contributed by atoms with E-state index in [4.69, 9.17) is 11.5 Å². The number of rotatable bonds is 4. The summed E-state index contributed by atoms with van der Waals surface area (Å²) in [6.45, 7) is 2.22. The van der Waals surface area contributed by atoms with Gasteiger partial charge in [0, 0.05) is 12.6 Å². The van der Waals surface area contributed by atoms with E-state index in [2.05, 4.69) is 10.3 Å². The first-order valence-electron chi connectivity index (χ1n) is 4.45. The Morgan fingerprint density at radius 2 is 2.40 bits per heavy atom. The monoisotopic (exact) mass is 212 g/mol. The minimum Gasteiger partial charge on any atom is -0.368 e. The molecule has 1 rings (SSSR count). The highest BCUT2D eigenvalue weighted by molar-refractivity contribution is 5.97. The Bertz CT molecular complexity index is 367. The number of hydrogen-bond donors (Lipinski definition) is 3. The molecule has 0 fully saturated rings. The Hall–Kier alpha value is -1.69. The second-order valence-corrected chi connectivity index (χ2v) is 3.27. The van der Waals surface area contributed by atoms with Crippen LogP contribution in [0.5, 0.6) is 0 Å². The van der Waals surface area contributed by atoms with Crippen molar-refractivity contribution < 1.29 is 9.18 Å². The van der Waals surface area contributed by atoms with Gasteiger partial charge in [-0.1, -0.05) is 0 Å². The predicted molar refractivity (Wildman–Crippen MR) is 54.9 cm³/mol. The molecule has 1 atom stereocenters. The van der Waals surface area contributed by atoms with Crippen LogP contribution in [-0.2, 0) is 0 Å². The van der Waals surface area contributed by atoms with Gasteiger partial charge in [0.2, 0.25) is 0 Å². The molecule has 0 aliphatic carbocycles. The molecule has 0 aromatic carbocycles. The van der Waals surface area contributed by atoms with Crippen molar-refractivity contribution in [3.8, 4) is 0 Å². The Morgan fingerprint density at radius 3 is 2.93 bits per heavy atom. The van der Waals surface area contributed by atoms with Crippen LogP contribution in [0.25, 0.3) is 0 Å². The number of hydrogen-bond acceptors (Lipinski definition) is 4. The molecule has 5 N–H and O–H groups in total. The van der Waals surface area contributed by atoms with Crippen LogP contribution < -0.4 is 16.8 Å². The summed E-state index contributed by atoms with van der Waals surface area (Å²) >= 11 is 0. The summed E-state index contributed by atoms with van der Waals surface area (Å²) in [6.07, 6.45) is 1.01. The van der Waals surface area contributed by atoms with Crippen LogP contribution in [0.2, 0.25) is 0 Å². The van der Waals surface area contributed by atoms with Crippen LogP contribution in [0.15, 0.2) is 12.3 Å². The summed E-state index contributed by atoms with van der Waals surface area (Å²) < 4.78 is 12.8. The van der Waals surface area contributed by atoms with E-state index in [1.807, 2.05) is 0 Å². The number of pyridine rings is 1. The number of halogens is 1. The van der Waals surface area contributed by atoms with E-state index in [1.165, 1.54) is 0 Å². The molecule has 1 amide bonds. The lowest BCUT2D eigenvalue weighted by Crippen LogP contribution is -2.27. The second kappa shape index (κ2) is 4.70. The van der Waals surface area contributed by atoms with E-state index in [0.717, 1.165) is 12.3 Å². The highest BCUT2D eigenvalue weighted by atomic mass is 19.1. The van der Waals surface area contributed by atoms with Crippen molar-refractivity contribution in [1.29, 1.82) is 0 Å². The summed E-state index contributed by atoms with van der Waals surface area (Å²) in [5, 5.41) is 2.82. The summed E-state index contributed by atoms with van der Waals surface area (Å²) in [5.74, 6) is -1.08. The molecule has 0 radical (unpaired) electrons. The third kappa shape index (κ3) is 3.17. The van der Waals surface area contributed by atoms with E-state index in [9.17, 15) is 9.18 Å². The van der Waals surface area contributed by atoms with E-state index in [0.29, 0.717) is 6.54 Å². The third-order valence-corrected chi connectivity index (χ3v) is 1.71. The molecule has 0 saturated heterocycles. The van der Waals surface area contributed by atoms with Crippen LogP contribution in [-0.4, -0.2) is 23.5 Å². The first kappa shape index (κ1) is 11.4. The zero-order valence-corrected chi connectivity index (χ0v) is 8.33. The van der Waals surface area contributed by atoms with Crippen molar-refractivity contribution in [2.24, 2.45) is 11.5 Å². The molecule has 1 aromatic heterocycles. The van der Waals surface area contributed by atoms with Gasteiger partial charge in [-0.25, -0.2) is 9.37 Å². The number of aromatic nitrogens is 1. The highest BCUT2D eigenvalue weighted by Crippen LogP contribution is 2.12. The minimum absolute atomic E-state index is 0.0238. The smallest absolute Gasteiger partial charge is 0.252 e. The minimum atomic E-state index is -0.728. The molecule has 0 bridgehead atoms. The Kier molecular flexibility index (Phi) is 3.56. The molecule has 0 spiro atoms. The molecule has 0 saturated carbocycles. The molecule has 82 valence electrons.